The molecule has 0 radical (unpaired) electrons. The summed E-state index contributed by atoms with van der Waals surface area (Å²) in [5, 5.41) is 20.9. The van der Waals surface area contributed by atoms with Crippen LogP contribution in [0.25, 0.3) is 10.9 Å². The molecule has 2 aromatic rings. The van der Waals surface area contributed by atoms with Crippen LogP contribution in [0.4, 0.5) is 5.69 Å². The Bertz CT molecular complexity index is 558. The Morgan fingerprint density at radius 3 is 2.73 bits per heavy atom. The summed E-state index contributed by atoms with van der Waals surface area (Å²) in [5.41, 5.74) is 0.326. The minimum absolute atomic E-state index is 0.0337. The molecule has 15 heavy (non-hydrogen) atoms. The number of aromatic carboxylic acids is 1. The molecule has 0 atom stereocenters. The Morgan fingerprint density at radius 1 is 1.40 bits per heavy atom. The van der Waals surface area contributed by atoms with Crippen molar-refractivity contribution in [1.82, 2.24) is 4.98 Å². The maximum absolute atomic E-state index is 10.7. The number of H-pyrrole nitrogens is 1. The van der Waals surface area contributed by atoms with Crippen LogP contribution in [0.3, 0.4) is 0 Å². The molecule has 1 aromatic carbocycles. The van der Waals surface area contributed by atoms with Crippen molar-refractivity contribution in [3.8, 4) is 5.88 Å². The third-order valence-corrected chi connectivity index (χ3v) is 2.09. The highest BCUT2D eigenvalue weighted by Crippen LogP contribution is 2.35. The predicted octanol–water partition coefficient (Wildman–Crippen LogP) is 1.97. The maximum Gasteiger partial charge on any atom is 0.335 e. The zero-order chi connectivity index (χ0) is 11.0. The molecule has 1 aromatic heterocycles. The van der Waals surface area contributed by atoms with E-state index >= 15 is 0 Å². The second-order valence-electron chi connectivity index (χ2n) is 2.98. The average Bonchev–Trinajstić information content (AvgIpc) is 2.51. The molecule has 0 aliphatic carbocycles. The average molecular weight is 206 g/mol. The quantitative estimate of drug-likeness (QED) is 0.653. The summed E-state index contributed by atoms with van der Waals surface area (Å²) in [6.45, 7) is 0. The molecule has 0 amide bonds. The van der Waals surface area contributed by atoms with Crippen molar-refractivity contribution in [3.05, 3.63) is 28.7 Å². The number of aromatic hydroxyl groups is 1. The second-order valence-corrected chi connectivity index (χ2v) is 2.98. The lowest BCUT2D eigenvalue weighted by molar-refractivity contribution is 0.0697. The number of carbonyl (C=O) groups is 1. The molecule has 76 valence electrons. The number of aromatic nitrogens is 1. The number of hydrogen-bond donors (Lipinski definition) is 3. The summed E-state index contributed by atoms with van der Waals surface area (Å²) < 4.78 is 0. The van der Waals surface area contributed by atoms with E-state index in [1.165, 1.54) is 18.2 Å². The smallest absolute Gasteiger partial charge is 0.335 e. The number of benzene rings is 1. The molecule has 0 aliphatic rings. The number of nitrogens with one attached hydrogen (secondary N) is 1. The summed E-state index contributed by atoms with van der Waals surface area (Å²) in [6, 6.07) is 4.12. The number of aromatic amines is 1. The number of nitroso groups, excluding NO2 is 1. The fourth-order valence-corrected chi connectivity index (χ4v) is 1.39. The first kappa shape index (κ1) is 9.20. The normalized spacial score (nSPS) is 10.4. The van der Waals surface area contributed by atoms with Crippen LogP contribution in [0.2, 0.25) is 0 Å². The Kier molecular flexibility index (Phi) is 1.89. The van der Waals surface area contributed by atoms with E-state index in [9.17, 15) is 14.8 Å². The van der Waals surface area contributed by atoms with Crippen molar-refractivity contribution >= 4 is 22.6 Å². The molecule has 0 unspecified atom stereocenters. The molecule has 6 nitrogen and oxygen atoms in total. The maximum atomic E-state index is 10.7. The van der Waals surface area contributed by atoms with Gasteiger partial charge in [-0.1, -0.05) is 0 Å². The minimum Gasteiger partial charge on any atom is -0.493 e. The van der Waals surface area contributed by atoms with Crippen LogP contribution in [0.15, 0.2) is 23.4 Å². The van der Waals surface area contributed by atoms with Crippen molar-refractivity contribution in [2.45, 2.75) is 0 Å². The molecule has 0 spiro atoms. The van der Waals surface area contributed by atoms with Gasteiger partial charge in [0.05, 0.1) is 11.1 Å². The summed E-state index contributed by atoms with van der Waals surface area (Å²) in [7, 11) is 0. The monoisotopic (exact) mass is 206 g/mol. The van der Waals surface area contributed by atoms with Gasteiger partial charge in [-0.2, -0.15) is 0 Å². The van der Waals surface area contributed by atoms with E-state index in [1.54, 1.807) is 0 Å². The third kappa shape index (κ3) is 1.32. The SMILES string of the molecule is O=Nc1c(O)[nH]c2ccc(C(=O)O)cc12. The van der Waals surface area contributed by atoms with Crippen LogP contribution >= 0.6 is 0 Å². The van der Waals surface area contributed by atoms with Crippen LogP contribution in [0, 0.1) is 4.91 Å². The van der Waals surface area contributed by atoms with Gasteiger partial charge >= 0.3 is 5.97 Å². The molecular weight excluding hydrogens is 200 g/mol. The molecule has 0 fully saturated rings. The van der Waals surface area contributed by atoms with Gasteiger partial charge in [0.15, 0.2) is 5.69 Å². The summed E-state index contributed by atoms with van der Waals surface area (Å²) >= 11 is 0. The second kappa shape index (κ2) is 3.09. The van der Waals surface area contributed by atoms with E-state index in [-0.39, 0.29) is 17.1 Å². The molecule has 0 bridgehead atoms. The third-order valence-electron chi connectivity index (χ3n) is 2.09. The zero-order valence-electron chi connectivity index (χ0n) is 7.39. The molecule has 0 saturated heterocycles. The van der Waals surface area contributed by atoms with Crippen molar-refractivity contribution < 1.29 is 15.0 Å². The zero-order valence-corrected chi connectivity index (χ0v) is 7.39. The Hall–Kier alpha value is -2.37. The van der Waals surface area contributed by atoms with Gasteiger partial charge in [-0.3, -0.25) is 0 Å². The van der Waals surface area contributed by atoms with E-state index < -0.39 is 5.97 Å². The molecule has 1 heterocycles. The summed E-state index contributed by atoms with van der Waals surface area (Å²) in [6.07, 6.45) is 0. The largest absolute Gasteiger partial charge is 0.493 e. The van der Waals surface area contributed by atoms with Crippen molar-refractivity contribution in [2.75, 3.05) is 0 Å². The topological polar surface area (TPSA) is 103 Å². The minimum atomic E-state index is -1.10. The van der Waals surface area contributed by atoms with E-state index in [2.05, 4.69) is 10.2 Å². The molecule has 3 N–H and O–H groups in total. The van der Waals surface area contributed by atoms with E-state index in [0.29, 0.717) is 10.9 Å². The number of fused-ring (bicyclic) bond motifs is 1. The highest BCUT2D eigenvalue weighted by molar-refractivity contribution is 5.99. The van der Waals surface area contributed by atoms with Gasteiger partial charge in [0.25, 0.3) is 0 Å². The van der Waals surface area contributed by atoms with Gasteiger partial charge < -0.3 is 15.2 Å². The number of carboxylic acids is 1. The first-order chi connectivity index (χ1) is 7.13. The number of hydrogen-bond acceptors (Lipinski definition) is 4. The number of nitrogens with zero attached hydrogens (tertiary/aromatic N) is 1. The van der Waals surface area contributed by atoms with Crippen molar-refractivity contribution in [2.24, 2.45) is 5.18 Å². The van der Waals surface area contributed by atoms with Crippen molar-refractivity contribution in [3.63, 3.8) is 0 Å². The molecule has 6 heteroatoms. The fourth-order valence-electron chi connectivity index (χ4n) is 1.39. The lowest BCUT2D eigenvalue weighted by Gasteiger charge is -1.93. The van der Waals surface area contributed by atoms with Crippen LogP contribution in [-0.4, -0.2) is 21.2 Å². The molecule has 0 aliphatic heterocycles. The van der Waals surface area contributed by atoms with Crippen LogP contribution < -0.4 is 0 Å². The van der Waals surface area contributed by atoms with Gasteiger partial charge in [0.2, 0.25) is 5.88 Å². The summed E-state index contributed by atoms with van der Waals surface area (Å²) in [5.74, 6) is -1.46. The first-order valence-corrected chi connectivity index (χ1v) is 4.05. The highest BCUT2D eigenvalue weighted by atomic mass is 16.4. The van der Waals surface area contributed by atoms with Gasteiger partial charge in [-0.05, 0) is 23.4 Å². The van der Waals surface area contributed by atoms with E-state index in [0.717, 1.165) is 0 Å². The Balaban J connectivity index is 2.78. The van der Waals surface area contributed by atoms with Gasteiger partial charge in [0.1, 0.15) is 0 Å². The number of carboxylic acid groups (broad SMARTS) is 1. The molecular formula is C9H6N2O4. The highest BCUT2D eigenvalue weighted by Gasteiger charge is 2.13. The molecule has 2 rings (SSSR count). The lowest BCUT2D eigenvalue weighted by atomic mass is 10.1. The van der Waals surface area contributed by atoms with Gasteiger partial charge in [-0.15, -0.1) is 4.91 Å². The van der Waals surface area contributed by atoms with Crippen LogP contribution in [0.5, 0.6) is 5.88 Å². The van der Waals surface area contributed by atoms with Gasteiger partial charge in [0, 0.05) is 5.39 Å². The predicted molar refractivity (Wildman–Crippen MR) is 52.4 cm³/mol. The Labute approximate surface area is 83.1 Å². The van der Waals surface area contributed by atoms with Crippen molar-refractivity contribution in [1.29, 1.82) is 0 Å². The first-order valence-electron chi connectivity index (χ1n) is 4.05. The summed E-state index contributed by atoms with van der Waals surface area (Å²) in [4.78, 5) is 23.6. The van der Waals surface area contributed by atoms with Crippen LogP contribution in [-0.2, 0) is 0 Å². The fraction of sp³-hybridized carbons (Fsp3) is 0. The lowest BCUT2D eigenvalue weighted by Crippen LogP contribution is -1.94. The standard InChI is InChI=1S/C9H6N2O4/c12-8-7(11-15)5-3-4(9(13)14)1-2-6(5)10-8/h1-3,10,12H,(H,13,14). The number of rotatable bonds is 2. The molecule has 0 saturated carbocycles. The van der Waals surface area contributed by atoms with E-state index in [1.807, 2.05) is 0 Å². The van der Waals surface area contributed by atoms with Crippen LogP contribution in [0.1, 0.15) is 10.4 Å². The Morgan fingerprint density at radius 2 is 2.13 bits per heavy atom. The van der Waals surface area contributed by atoms with E-state index in [4.69, 9.17) is 5.11 Å². The van der Waals surface area contributed by atoms with Gasteiger partial charge in [-0.25, -0.2) is 4.79 Å².